The van der Waals surface area contributed by atoms with Gasteiger partial charge in [-0.2, -0.15) is 0 Å². The Hall–Kier alpha value is -2.18. The molecule has 118 valence electrons. The number of aldehydes is 2. The van der Waals surface area contributed by atoms with E-state index in [1.54, 1.807) is 14.2 Å². The van der Waals surface area contributed by atoms with Crippen molar-refractivity contribution in [3.05, 3.63) is 34.6 Å². The van der Waals surface area contributed by atoms with Gasteiger partial charge in [-0.3, -0.25) is 9.59 Å². The van der Waals surface area contributed by atoms with E-state index in [9.17, 15) is 9.59 Å². The van der Waals surface area contributed by atoms with Gasteiger partial charge in [0.05, 0.1) is 36.0 Å². The highest BCUT2D eigenvalue weighted by Gasteiger charge is 2.13. The zero-order valence-electron chi connectivity index (χ0n) is 12.8. The van der Waals surface area contributed by atoms with Gasteiger partial charge in [0.2, 0.25) is 0 Å². The van der Waals surface area contributed by atoms with Gasteiger partial charge in [-0.1, -0.05) is 0 Å². The fraction of sp³-hybridized carbons (Fsp3) is 0.375. The van der Waals surface area contributed by atoms with Gasteiger partial charge in [0, 0.05) is 14.2 Å². The van der Waals surface area contributed by atoms with Gasteiger partial charge in [-0.25, -0.2) is 0 Å². The molecule has 2 aromatic rings. The predicted octanol–water partition coefficient (Wildman–Crippen LogP) is 2.01. The van der Waals surface area contributed by atoms with Crippen molar-refractivity contribution in [1.29, 1.82) is 0 Å². The minimum Gasteiger partial charge on any atom is -0.384 e. The van der Waals surface area contributed by atoms with Gasteiger partial charge in [0.1, 0.15) is 0 Å². The summed E-state index contributed by atoms with van der Waals surface area (Å²) in [4.78, 5) is 28.5. The number of ether oxygens (including phenoxy) is 2. The van der Waals surface area contributed by atoms with Crippen molar-refractivity contribution in [3.63, 3.8) is 0 Å². The van der Waals surface area contributed by atoms with E-state index in [-0.39, 0.29) is 0 Å². The fourth-order valence-electron chi connectivity index (χ4n) is 2.37. The van der Waals surface area contributed by atoms with Crippen molar-refractivity contribution in [2.45, 2.75) is 12.8 Å². The molecule has 0 aliphatic heterocycles. The first-order valence-corrected chi connectivity index (χ1v) is 7.05. The van der Waals surface area contributed by atoms with Gasteiger partial charge in [-0.15, -0.1) is 0 Å². The summed E-state index contributed by atoms with van der Waals surface area (Å²) in [6.07, 6.45) is 2.89. The first kappa shape index (κ1) is 16.2. The molecule has 0 aromatic carbocycles. The van der Waals surface area contributed by atoms with E-state index in [2.05, 4.69) is 9.97 Å². The van der Waals surface area contributed by atoms with Crippen LogP contribution in [0.25, 0.3) is 11.4 Å². The number of carbonyl (C=O) groups is 2. The number of hydrogen-bond acceptors (Lipinski definition) is 4. The minimum atomic E-state index is 0.535. The van der Waals surface area contributed by atoms with Crippen molar-refractivity contribution < 1.29 is 19.1 Å². The second kappa shape index (κ2) is 7.72. The molecule has 0 fully saturated rings. The van der Waals surface area contributed by atoms with E-state index in [0.717, 1.165) is 35.1 Å². The molecule has 6 heteroatoms. The molecule has 0 saturated heterocycles. The number of aromatic amines is 2. The topological polar surface area (TPSA) is 84.2 Å². The number of rotatable bonds is 9. The van der Waals surface area contributed by atoms with Gasteiger partial charge in [0.15, 0.2) is 12.6 Å². The van der Waals surface area contributed by atoms with Crippen LogP contribution in [0.15, 0.2) is 12.1 Å². The standard InChI is InChI=1S/C16H20N2O4/c1-21-5-3-11-7-13(17-15(11)9-19)14-8-12(4-6-22-2)16(10-20)18-14/h7-10,17-18H,3-6H2,1-2H3. The Balaban J connectivity index is 2.30. The highest BCUT2D eigenvalue weighted by molar-refractivity contribution is 5.80. The van der Waals surface area contributed by atoms with Crippen molar-refractivity contribution in [3.8, 4) is 11.4 Å². The van der Waals surface area contributed by atoms with E-state index >= 15 is 0 Å². The van der Waals surface area contributed by atoms with Crippen molar-refractivity contribution in [1.82, 2.24) is 9.97 Å². The molecular weight excluding hydrogens is 284 g/mol. The van der Waals surface area contributed by atoms with Gasteiger partial charge >= 0.3 is 0 Å². The lowest BCUT2D eigenvalue weighted by molar-refractivity contribution is 0.111. The summed E-state index contributed by atoms with van der Waals surface area (Å²) < 4.78 is 10.1. The molecule has 0 spiro atoms. The molecule has 0 radical (unpaired) electrons. The van der Waals surface area contributed by atoms with Crippen molar-refractivity contribution in [2.75, 3.05) is 27.4 Å². The van der Waals surface area contributed by atoms with E-state index in [1.807, 2.05) is 12.1 Å². The maximum Gasteiger partial charge on any atom is 0.166 e. The average molecular weight is 304 g/mol. The maximum atomic E-state index is 11.1. The van der Waals surface area contributed by atoms with E-state index in [0.29, 0.717) is 37.4 Å². The maximum absolute atomic E-state index is 11.1. The highest BCUT2D eigenvalue weighted by atomic mass is 16.5. The second-order valence-electron chi connectivity index (χ2n) is 4.97. The first-order valence-electron chi connectivity index (χ1n) is 7.05. The average Bonchev–Trinajstić information content (AvgIpc) is 3.14. The molecule has 22 heavy (non-hydrogen) atoms. The van der Waals surface area contributed by atoms with Crippen LogP contribution in [-0.2, 0) is 22.3 Å². The van der Waals surface area contributed by atoms with Crippen LogP contribution in [0.2, 0.25) is 0 Å². The van der Waals surface area contributed by atoms with E-state index in [1.165, 1.54) is 0 Å². The molecule has 2 N–H and O–H groups in total. The van der Waals surface area contributed by atoms with Crippen molar-refractivity contribution in [2.24, 2.45) is 0 Å². The number of aromatic nitrogens is 2. The number of nitrogens with one attached hydrogen (secondary N) is 2. The number of methoxy groups -OCH3 is 2. The van der Waals surface area contributed by atoms with Crippen LogP contribution in [0, 0.1) is 0 Å². The Morgan fingerprint density at radius 1 is 0.864 bits per heavy atom. The lowest BCUT2D eigenvalue weighted by Gasteiger charge is -1.96. The highest BCUT2D eigenvalue weighted by Crippen LogP contribution is 2.24. The third-order valence-electron chi connectivity index (χ3n) is 3.54. The molecule has 0 atom stereocenters. The molecule has 6 nitrogen and oxygen atoms in total. The summed E-state index contributed by atoms with van der Waals surface area (Å²) in [5, 5.41) is 0. The molecule has 0 unspecified atom stereocenters. The molecule has 0 aliphatic carbocycles. The Morgan fingerprint density at radius 3 is 1.59 bits per heavy atom. The van der Waals surface area contributed by atoms with Crippen LogP contribution in [0.4, 0.5) is 0 Å². The molecule has 2 aromatic heterocycles. The molecule has 2 rings (SSSR count). The number of carbonyl (C=O) groups excluding carboxylic acids is 2. The van der Waals surface area contributed by atoms with Crippen LogP contribution >= 0.6 is 0 Å². The van der Waals surface area contributed by atoms with Crippen LogP contribution in [0.1, 0.15) is 32.1 Å². The van der Waals surface area contributed by atoms with E-state index < -0.39 is 0 Å². The Labute approximate surface area is 128 Å². The monoisotopic (exact) mass is 304 g/mol. The largest absolute Gasteiger partial charge is 0.384 e. The summed E-state index contributed by atoms with van der Waals surface area (Å²) in [7, 11) is 3.25. The molecule has 2 heterocycles. The van der Waals surface area contributed by atoms with Crippen LogP contribution < -0.4 is 0 Å². The molecule has 0 saturated carbocycles. The Kier molecular flexibility index (Phi) is 5.68. The minimum absolute atomic E-state index is 0.535. The predicted molar refractivity (Wildman–Crippen MR) is 82.5 cm³/mol. The summed E-state index contributed by atoms with van der Waals surface area (Å²) >= 11 is 0. The van der Waals surface area contributed by atoms with Crippen molar-refractivity contribution >= 4 is 12.6 Å². The number of hydrogen-bond donors (Lipinski definition) is 2. The molecular formula is C16H20N2O4. The molecule has 0 bridgehead atoms. The Bertz CT molecular complexity index is 586. The van der Waals surface area contributed by atoms with Crippen LogP contribution in [-0.4, -0.2) is 50.0 Å². The summed E-state index contributed by atoms with van der Waals surface area (Å²) in [5.74, 6) is 0. The fourth-order valence-corrected chi connectivity index (χ4v) is 2.37. The molecule has 0 aliphatic rings. The SMILES string of the molecule is COCCc1cc(-c2cc(CCOC)c(C=O)[nH]2)[nH]c1C=O. The third-order valence-corrected chi connectivity index (χ3v) is 3.54. The van der Waals surface area contributed by atoms with E-state index in [4.69, 9.17) is 9.47 Å². The van der Waals surface area contributed by atoms with Crippen LogP contribution in [0.3, 0.4) is 0 Å². The summed E-state index contributed by atoms with van der Waals surface area (Å²) in [6.45, 7) is 1.09. The van der Waals surface area contributed by atoms with Gasteiger partial charge in [-0.05, 0) is 36.1 Å². The lowest BCUT2D eigenvalue weighted by atomic mass is 10.1. The van der Waals surface area contributed by atoms with Gasteiger partial charge in [0.25, 0.3) is 0 Å². The number of H-pyrrole nitrogens is 2. The normalized spacial score (nSPS) is 10.8. The van der Waals surface area contributed by atoms with Crippen LogP contribution in [0.5, 0.6) is 0 Å². The lowest BCUT2D eigenvalue weighted by Crippen LogP contribution is -1.96. The zero-order chi connectivity index (χ0) is 15.9. The Morgan fingerprint density at radius 2 is 1.27 bits per heavy atom. The zero-order valence-corrected chi connectivity index (χ0v) is 12.8. The summed E-state index contributed by atoms with van der Waals surface area (Å²) in [5.41, 5.74) is 4.42. The second-order valence-corrected chi connectivity index (χ2v) is 4.97. The summed E-state index contributed by atoms with van der Waals surface area (Å²) in [6, 6.07) is 3.81. The third kappa shape index (κ3) is 3.52. The first-order chi connectivity index (χ1) is 10.7. The quantitative estimate of drug-likeness (QED) is 0.694. The smallest absolute Gasteiger partial charge is 0.166 e. The molecule has 0 amide bonds. The van der Waals surface area contributed by atoms with Gasteiger partial charge < -0.3 is 19.4 Å².